The minimum absolute atomic E-state index is 0.193. The Labute approximate surface area is 133 Å². The molecule has 1 atom stereocenters. The summed E-state index contributed by atoms with van der Waals surface area (Å²) in [4.78, 5) is 25.3. The average Bonchev–Trinajstić information content (AvgIpc) is 3.14. The van der Waals surface area contributed by atoms with Crippen molar-refractivity contribution in [1.82, 2.24) is 19.9 Å². The Hall–Kier alpha value is -2.70. The van der Waals surface area contributed by atoms with Gasteiger partial charge in [0.05, 0.1) is 17.3 Å². The lowest BCUT2D eigenvalue weighted by Crippen LogP contribution is -2.35. The highest BCUT2D eigenvalue weighted by Crippen LogP contribution is 2.30. The number of aromatic nitrogens is 3. The fourth-order valence-electron chi connectivity index (χ4n) is 2.73. The van der Waals surface area contributed by atoms with Gasteiger partial charge in [0.1, 0.15) is 0 Å². The number of rotatable bonds is 3. The Morgan fingerprint density at radius 2 is 2.13 bits per heavy atom. The molecular weight excluding hydrogens is 296 g/mol. The lowest BCUT2D eigenvalue weighted by atomic mass is 9.90. The molecule has 0 aliphatic carbocycles. The van der Waals surface area contributed by atoms with Crippen molar-refractivity contribution in [2.24, 2.45) is 5.41 Å². The zero-order valence-electron chi connectivity index (χ0n) is 13.1. The van der Waals surface area contributed by atoms with E-state index in [0.29, 0.717) is 13.0 Å². The van der Waals surface area contributed by atoms with E-state index in [1.165, 1.54) is 4.90 Å². The van der Waals surface area contributed by atoms with Gasteiger partial charge < -0.3 is 10.0 Å². The van der Waals surface area contributed by atoms with Crippen LogP contribution in [0.2, 0.25) is 0 Å². The SMILES string of the molecule is Cc1cccc(-n2cc(C(=O)N3CC[C@](C)(C(=O)O)C3)nn2)c1. The van der Waals surface area contributed by atoms with Crippen LogP contribution >= 0.6 is 0 Å². The second kappa shape index (κ2) is 5.49. The van der Waals surface area contributed by atoms with Gasteiger partial charge in [-0.1, -0.05) is 17.3 Å². The predicted octanol–water partition coefficient (Wildman–Crippen LogP) is 1.51. The zero-order valence-corrected chi connectivity index (χ0v) is 13.1. The van der Waals surface area contributed by atoms with Crippen LogP contribution < -0.4 is 0 Å². The summed E-state index contributed by atoms with van der Waals surface area (Å²) in [6.07, 6.45) is 2.02. The van der Waals surface area contributed by atoms with Gasteiger partial charge in [-0.05, 0) is 38.0 Å². The number of hydrogen-bond donors (Lipinski definition) is 1. The lowest BCUT2D eigenvalue weighted by Gasteiger charge is -2.19. The molecule has 1 amide bonds. The molecule has 1 aromatic carbocycles. The highest BCUT2D eigenvalue weighted by Gasteiger charge is 2.42. The fourth-order valence-corrected chi connectivity index (χ4v) is 2.73. The maximum absolute atomic E-state index is 12.5. The number of carboxylic acids is 1. The summed E-state index contributed by atoms with van der Waals surface area (Å²) in [5.41, 5.74) is 1.25. The molecule has 0 spiro atoms. The van der Waals surface area contributed by atoms with Crippen LogP contribution in [0, 0.1) is 12.3 Å². The number of carboxylic acid groups (broad SMARTS) is 1. The van der Waals surface area contributed by atoms with Crippen molar-refractivity contribution in [2.45, 2.75) is 20.3 Å². The predicted molar refractivity (Wildman–Crippen MR) is 82.4 cm³/mol. The topological polar surface area (TPSA) is 88.3 Å². The molecule has 1 N–H and O–H groups in total. The van der Waals surface area contributed by atoms with Gasteiger partial charge in [-0.25, -0.2) is 4.68 Å². The molecule has 1 fully saturated rings. The molecule has 23 heavy (non-hydrogen) atoms. The average molecular weight is 314 g/mol. The van der Waals surface area contributed by atoms with Crippen molar-refractivity contribution in [3.05, 3.63) is 41.7 Å². The zero-order chi connectivity index (χ0) is 16.6. The van der Waals surface area contributed by atoms with E-state index >= 15 is 0 Å². The molecule has 7 nitrogen and oxygen atoms in total. The van der Waals surface area contributed by atoms with Gasteiger partial charge >= 0.3 is 5.97 Å². The van der Waals surface area contributed by atoms with Crippen LogP contribution in [0.15, 0.2) is 30.5 Å². The smallest absolute Gasteiger partial charge is 0.311 e. The Kier molecular flexibility index (Phi) is 3.63. The van der Waals surface area contributed by atoms with Gasteiger partial charge in [0.15, 0.2) is 5.69 Å². The van der Waals surface area contributed by atoms with E-state index in [1.54, 1.807) is 17.8 Å². The first-order chi connectivity index (χ1) is 10.9. The van der Waals surface area contributed by atoms with Gasteiger partial charge in [-0.2, -0.15) is 0 Å². The molecule has 3 rings (SSSR count). The molecule has 1 aliphatic rings. The van der Waals surface area contributed by atoms with Crippen molar-refractivity contribution in [3.63, 3.8) is 0 Å². The van der Waals surface area contributed by atoms with E-state index in [0.717, 1.165) is 11.3 Å². The minimum atomic E-state index is -0.887. The number of carbonyl (C=O) groups excluding carboxylic acids is 1. The van der Waals surface area contributed by atoms with Gasteiger partial charge in [0.25, 0.3) is 5.91 Å². The van der Waals surface area contributed by atoms with Crippen molar-refractivity contribution in [2.75, 3.05) is 13.1 Å². The van der Waals surface area contributed by atoms with E-state index in [4.69, 9.17) is 0 Å². The highest BCUT2D eigenvalue weighted by molar-refractivity contribution is 5.93. The molecule has 0 bridgehead atoms. The number of benzene rings is 1. The summed E-state index contributed by atoms with van der Waals surface area (Å²) in [7, 11) is 0. The Morgan fingerprint density at radius 1 is 1.35 bits per heavy atom. The number of aliphatic carboxylic acids is 1. The van der Waals surface area contributed by atoms with Crippen molar-refractivity contribution < 1.29 is 14.7 Å². The van der Waals surface area contributed by atoms with Crippen LogP contribution in [0.5, 0.6) is 0 Å². The number of likely N-dealkylation sites (tertiary alicyclic amines) is 1. The van der Waals surface area contributed by atoms with Crippen LogP contribution in [-0.2, 0) is 4.79 Å². The summed E-state index contributed by atoms with van der Waals surface area (Å²) in [6.45, 7) is 4.24. The Morgan fingerprint density at radius 3 is 2.78 bits per heavy atom. The van der Waals surface area contributed by atoms with E-state index in [9.17, 15) is 14.7 Å². The molecule has 1 aromatic heterocycles. The molecule has 1 saturated heterocycles. The summed E-state index contributed by atoms with van der Waals surface area (Å²) in [5, 5.41) is 17.2. The quantitative estimate of drug-likeness (QED) is 0.928. The molecule has 120 valence electrons. The van der Waals surface area contributed by atoms with Crippen LogP contribution in [0.4, 0.5) is 0 Å². The summed E-state index contributed by atoms with van der Waals surface area (Å²) in [5.74, 6) is -1.16. The van der Waals surface area contributed by atoms with Crippen LogP contribution in [0.3, 0.4) is 0 Å². The van der Waals surface area contributed by atoms with E-state index in [1.807, 2.05) is 31.2 Å². The second-order valence-corrected chi connectivity index (χ2v) is 6.23. The van der Waals surface area contributed by atoms with Crippen molar-refractivity contribution in [3.8, 4) is 5.69 Å². The Bertz CT molecular complexity index is 770. The van der Waals surface area contributed by atoms with E-state index in [2.05, 4.69) is 10.3 Å². The third kappa shape index (κ3) is 2.81. The Balaban J connectivity index is 1.79. The molecule has 2 heterocycles. The fraction of sp³-hybridized carbons (Fsp3) is 0.375. The molecular formula is C16H18N4O3. The molecule has 0 unspecified atom stereocenters. The van der Waals surface area contributed by atoms with E-state index in [-0.39, 0.29) is 18.1 Å². The first-order valence-corrected chi connectivity index (χ1v) is 7.41. The number of aryl methyl sites for hydroxylation is 1. The molecule has 1 aliphatic heterocycles. The van der Waals surface area contributed by atoms with Crippen LogP contribution in [-0.4, -0.2) is 50.0 Å². The van der Waals surface area contributed by atoms with Crippen molar-refractivity contribution in [1.29, 1.82) is 0 Å². The number of nitrogens with zero attached hydrogens (tertiary/aromatic N) is 4. The maximum atomic E-state index is 12.5. The highest BCUT2D eigenvalue weighted by atomic mass is 16.4. The minimum Gasteiger partial charge on any atom is -0.481 e. The molecule has 2 aromatic rings. The first kappa shape index (κ1) is 15.2. The van der Waals surface area contributed by atoms with Crippen LogP contribution in [0.1, 0.15) is 29.4 Å². The van der Waals surface area contributed by atoms with Crippen molar-refractivity contribution >= 4 is 11.9 Å². The van der Waals surface area contributed by atoms with Gasteiger partial charge in [0.2, 0.25) is 0 Å². The third-order valence-corrected chi connectivity index (χ3v) is 4.26. The molecule has 0 saturated carbocycles. The standard InChI is InChI=1S/C16H18N4O3/c1-11-4-3-5-12(8-11)20-9-13(17-18-20)14(21)19-7-6-16(2,10-19)15(22)23/h3-5,8-9H,6-7,10H2,1-2H3,(H,22,23)/t16-/m0/s1. The summed E-state index contributed by atoms with van der Waals surface area (Å²) < 4.78 is 1.55. The number of hydrogen-bond acceptors (Lipinski definition) is 4. The molecule has 7 heteroatoms. The monoisotopic (exact) mass is 314 g/mol. The third-order valence-electron chi connectivity index (χ3n) is 4.26. The van der Waals surface area contributed by atoms with Gasteiger partial charge in [0, 0.05) is 13.1 Å². The van der Waals surface area contributed by atoms with Crippen LogP contribution in [0.25, 0.3) is 5.69 Å². The molecule has 0 radical (unpaired) electrons. The summed E-state index contributed by atoms with van der Waals surface area (Å²) in [6, 6.07) is 7.71. The van der Waals surface area contributed by atoms with Gasteiger partial charge in [-0.3, -0.25) is 9.59 Å². The normalized spacial score (nSPS) is 20.7. The van der Waals surface area contributed by atoms with E-state index < -0.39 is 11.4 Å². The lowest BCUT2D eigenvalue weighted by molar-refractivity contribution is -0.147. The number of carbonyl (C=O) groups is 2. The first-order valence-electron chi connectivity index (χ1n) is 7.41. The summed E-state index contributed by atoms with van der Waals surface area (Å²) >= 11 is 0. The van der Waals surface area contributed by atoms with Gasteiger partial charge in [-0.15, -0.1) is 5.10 Å². The maximum Gasteiger partial charge on any atom is 0.311 e. The second-order valence-electron chi connectivity index (χ2n) is 6.23. The number of amides is 1. The largest absolute Gasteiger partial charge is 0.481 e.